The zero-order valence-corrected chi connectivity index (χ0v) is 37.5. The molecule has 0 bridgehead atoms. The third-order valence-electron chi connectivity index (χ3n) is 15.1. The lowest BCUT2D eigenvalue weighted by molar-refractivity contribution is 0.660. The van der Waals surface area contributed by atoms with Gasteiger partial charge in [0.1, 0.15) is 0 Å². The fourth-order valence-electron chi connectivity index (χ4n) is 11.8. The van der Waals surface area contributed by atoms with Gasteiger partial charge in [-0.15, -0.1) is 0 Å². The topological polar surface area (TPSA) is 3.24 Å². The van der Waals surface area contributed by atoms with Crippen LogP contribution in [-0.2, 0) is 16.2 Å². The maximum atomic E-state index is 2.57. The Labute approximate surface area is 378 Å². The molecule has 1 heteroatoms. The van der Waals surface area contributed by atoms with Crippen LogP contribution in [0.5, 0.6) is 0 Å². The zero-order chi connectivity index (χ0) is 43.5. The van der Waals surface area contributed by atoms with Gasteiger partial charge in [0.05, 0.1) is 5.69 Å². The molecule has 0 amide bonds. The molecule has 0 fully saturated rings. The molecule has 0 heterocycles. The molecule has 0 saturated carbocycles. The van der Waals surface area contributed by atoms with E-state index in [4.69, 9.17) is 0 Å². The number of fused-ring (bicyclic) bond motifs is 9. The van der Waals surface area contributed by atoms with Crippen LogP contribution in [0.3, 0.4) is 0 Å². The predicted octanol–water partition coefficient (Wildman–Crippen LogP) is 17.1. The molecule has 0 radical (unpaired) electrons. The number of hydrogen-bond donors (Lipinski definition) is 0. The summed E-state index contributed by atoms with van der Waals surface area (Å²) in [6.07, 6.45) is 0. The Morgan fingerprint density at radius 2 is 0.688 bits per heavy atom. The first-order valence-electron chi connectivity index (χ1n) is 22.8. The van der Waals surface area contributed by atoms with Crippen molar-refractivity contribution in [1.82, 2.24) is 0 Å². The van der Waals surface area contributed by atoms with Gasteiger partial charge in [-0.05, 0) is 131 Å². The van der Waals surface area contributed by atoms with Crippen LogP contribution in [0, 0.1) is 0 Å². The van der Waals surface area contributed by atoms with Crippen LogP contribution in [0.15, 0.2) is 200 Å². The van der Waals surface area contributed by atoms with E-state index in [1.807, 2.05) is 0 Å². The van der Waals surface area contributed by atoms with E-state index in [9.17, 15) is 0 Å². The Balaban J connectivity index is 1.17. The largest absolute Gasteiger partial charge is 0.310 e. The van der Waals surface area contributed by atoms with Crippen molar-refractivity contribution in [3.05, 3.63) is 234 Å². The smallest absolute Gasteiger partial charge is 0.0546 e. The third-order valence-corrected chi connectivity index (χ3v) is 15.1. The van der Waals surface area contributed by atoms with Crippen LogP contribution < -0.4 is 4.90 Å². The fraction of sp³-hybridized carbons (Fsp3) is 0.143. The molecule has 0 unspecified atom stereocenters. The van der Waals surface area contributed by atoms with Crippen molar-refractivity contribution in [2.24, 2.45) is 0 Å². The lowest BCUT2D eigenvalue weighted by atomic mass is 9.81. The second-order valence-electron chi connectivity index (χ2n) is 19.7. The highest BCUT2D eigenvalue weighted by molar-refractivity contribution is 6.04. The number of rotatable bonds is 6. The molecule has 9 aromatic rings. The highest BCUT2D eigenvalue weighted by atomic mass is 15.1. The second-order valence-corrected chi connectivity index (χ2v) is 19.7. The van der Waals surface area contributed by atoms with E-state index in [0.29, 0.717) is 0 Å². The Morgan fingerprint density at radius 1 is 0.266 bits per heavy atom. The van der Waals surface area contributed by atoms with Crippen LogP contribution in [0.1, 0.15) is 74.9 Å². The average Bonchev–Trinajstić information content (AvgIpc) is 3.81. The van der Waals surface area contributed by atoms with Crippen molar-refractivity contribution < 1.29 is 0 Å². The Hall–Kier alpha value is -7.22. The monoisotopic (exact) mass is 821 g/mol. The van der Waals surface area contributed by atoms with E-state index in [1.165, 1.54) is 100 Å². The molecule has 0 spiro atoms. The Bertz CT molecular complexity index is 3250. The van der Waals surface area contributed by atoms with Gasteiger partial charge in [0.25, 0.3) is 0 Å². The summed E-state index contributed by atoms with van der Waals surface area (Å²) in [6, 6.07) is 75.4. The standard InChI is InChI=1S/C63H51N/c1-61(2)54-30-15-12-25-50(54)59-51(27-17-31-55(59)61)60-45(42-22-16-21-41(37-42)40-19-8-7-9-20-40)26-18-32-58(60)64(43-33-35-48-46-23-10-13-28-52(46)62(3,4)56(48)38-43)44-34-36-49-47-24-11-14-29-53(47)63(5,6)57(49)39-44/h7-39H,1-6H3. The van der Waals surface area contributed by atoms with Crippen LogP contribution in [-0.4, -0.2) is 0 Å². The van der Waals surface area contributed by atoms with Crippen molar-refractivity contribution in [3.8, 4) is 66.8 Å². The maximum Gasteiger partial charge on any atom is 0.0546 e. The predicted molar refractivity (Wildman–Crippen MR) is 270 cm³/mol. The Morgan fingerprint density at radius 3 is 1.31 bits per heavy atom. The summed E-state index contributed by atoms with van der Waals surface area (Å²) in [5, 5.41) is 0. The fourth-order valence-corrected chi connectivity index (χ4v) is 11.8. The molecule has 9 aromatic carbocycles. The number of benzene rings is 9. The van der Waals surface area contributed by atoms with Crippen LogP contribution in [0.4, 0.5) is 17.1 Å². The molecule has 0 saturated heterocycles. The molecular weight excluding hydrogens is 771 g/mol. The molecule has 0 aromatic heterocycles. The minimum absolute atomic E-state index is 0.148. The quantitative estimate of drug-likeness (QED) is 0.161. The number of hydrogen-bond acceptors (Lipinski definition) is 1. The Kier molecular flexibility index (Phi) is 8.35. The first-order valence-corrected chi connectivity index (χ1v) is 22.8. The lowest BCUT2D eigenvalue weighted by Gasteiger charge is -2.32. The van der Waals surface area contributed by atoms with Gasteiger partial charge in [-0.1, -0.05) is 205 Å². The zero-order valence-electron chi connectivity index (χ0n) is 37.5. The molecule has 3 aliphatic carbocycles. The van der Waals surface area contributed by atoms with Crippen molar-refractivity contribution >= 4 is 17.1 Å². The molecular formula is C63H51N. The first-order chi connectivity index (χ1) is 31.0. The summed E-state index contributed by atoms with van der Waals surface area (Å²) >= 11 is 0. The highest BCUT2D eigenvalue weighted by Gasteiger charge is 2.40. The first kappa shape index (κ1) is 38.5. The molecule has 12 rings (SSSR count). The normalized spacial score (nSPS) is 15.1. The summed E-state index contributed by atoms with van der Waals surface area (Å²) in [5.74, 6) is 0. The van der Waals surface area contributed by atoms with Crippen LogP contribution in [0.25, 0.3) is 66.8 Å². The van der Waals surface area contributed by atoms with E-state index in [-0.39, 0.29) is 16.2 Å². The van der Waals surface area contributed by atoms with Gasteiger partial charge in [-0.25, -0.2) is 0 Å². The molecule has 1 nitrogen and oxygen atoms in total. The van der Waals surface area contributed by atoms with Crippen molar-refractivity contribution in [1.29, 1.82) is 0 Å². The van der Waals surface area contributed by atoms with E-state index in [0.717, 1.165) is 17.1 Å². The van der Waals surface area contributed by atoms with Gasteiger partial charge in [0.15, 0.2) is 0 Å². The summed E-state index contributed by atoms with van der Waals surface area (Å²) in [7, 11) is 0. The maximum absolute atomic E-state index is 2.57. The van der Waals surface area contributed by atoms with Gasteiger partial charge in [-0.2, -0.15) is 0 Å². The molecule has 3 aliphatic rings. The van der Waals surface area contributed by atoms with E-state index < -0.39 is 0 Å². The second kappa shape index (κ2) is 13.9. The minimum atomic E-state index is -0.159. The van der Waals surface area contributed by atoms with Crippen molar-refractivity contribution in [3.63, 3.8) is 0 Å². The van der Waals surface area contributed by atoms with Crippen LogP contribution >= 0.6 is 0 Å². The SMILES string of the molecule is CC1(C)c2ccccc2-c2ccc(N(c3ccc4c(c3)C(C)(C)c3ccccc3-4)c3cccc(-c4cccc(-c5ccccc5)c4)c3-c3cccc4c3-c3ccccc3C4(C)C)cc21. The summed E-state index contributed by atoms with van der Waals surface area (Å²) < 4.78 is 0. The summed E-state index contributed by atoms with van der Waals surface area (Å²) in [5.41, 5.74) is 26.4. The summed E-state index contributed by atoms with van der Waals surface area (Å²) in [6.45, 7) is 14.3. The van der Waals surface area contributed by atoms with Crippen LogP contribution in [0.2, 0.25) is 0 Å². The third kappa shape index (κ3) is 5.50. The minimum Gasteiger partial charge on any atom is -0.310 e. The summed E-state index contributed by atoms with van der Waals surface area (Å²) in [4.78, 5) is 2.57. The van der Waals surface area contributed by atoms with Crippen molar-refractivity contribution in [2.75, 3.05) is 4.90 Å². The van der Waals surface area contributed by atoms with Gasteiger partial charge in [0.2, 0.25) is 0 Å². The number of anilines is 3. The van der Waals surface area contributed by atoms with Crippen molar-refractivity contribution in [2.45, 2.75) is 57.8 Å². The highest BCUT2D eigenvalue weighted by Crippen LogP contribution is 2.58. The van der Waals surface area contributed by atoms with Gasteiger partial charge < -0.3 is 4.90 Å². The lowest BCUT2D eigenvalue weighted by Crippen LogP contribution is -2.18. The molecule has 0 aliphatic heterocycles. The average molecular weight is 822 g/mol. The molecule has 0 N–H and O–H groups in total. The van der Waals surface area contributed by atoms with Gasteiger partial charge >= 0.3 is 0 Å². The van der Waals surface area contributed by atoms with Gasteiger partial charge in [0, 0.05) is 33.2 Å². The molecule has 0 atom stereocenters. The molecule has 64 heavy (non-hydrogen) atoms. The van der Waals surface area contributed by atoms with E-state index in [1.54, 1.807) is 0 Å². The van der Waals surface area contributed by atoms with Gasteiger partial charge in [-0.3, -0.25) is 0 Å². The van der Waals surface area contributed by atoms with E-state index >= 15 is 0 Å². The molecule has 308 valence electrons. The number of nitrogens with zero attached hydrogens (tertiary/aromatic N) is 1. The van der Waals surface area contributed by atoms with E-state index in [2.05, 4.69) is 247 Å².